The molecule has 0 atom stereocenters. The van der Waals surface area contributed by atoms with Crippen molar-refractivity contribution in [2.24, 2.45) is 5.73 Å². The van der Waals surface area contributed by atoms with Crippen molar-refractivity contribution < 1.29 is 21.3 Å². The van der Waals surface area contributed by atoms with Crippen LogP contribution in [0.3, 0.4) is 0 Å². The zero-order valence-corrected chi connectivity index (χ0v) is 22.1. The molecule has 13 heteroatoms. The molecule has 3 aromatic carbocycles. The number of nitrogens with two attached hydrogens (primary N) is 1. The molecule has 9 nitrogen and oxygen atoms in total. The molecule has 2 heterocycles. The Hall–Kier alpha value is -3.42. The molecule has 37 heavy (non-hydrogen) atoms. The number of rotatable bonds is 8. The highest BCUT2D eigenvalue weighted by Crippen LogP contribution is 2.30. The normalized spacial score (nSPS) is 12.1. The maximum absolute atomic E-state index is 12.7. The van der Waals surface area contributed by atoms with E-state index in [1.54, 1.807) is 54.6 Å². The third-order valence-corrected chi connectivity index (χ3v) is 9.81. The largest absolute Gasteiger partial charge is 0.436 e. The fraction of sp³-hybridized carbons (Fsp3) is 0.0417. The van der Waals surface area contributed by atoms with Gasteiger partial charge < -0.3 is 10.2 Å². The van der Waals surface area contributed by atoms with E-state index in [0.717, 1.165) is 16.9 Å². The molecule has 5 rings (SSSR count). The standard InChI is InChI=1S/C24H19ClN4O5S3/c25-22-11-12-23(35-22)37(32,33)28-17-5-3-16(4-6-17)24-27-20-13-18(7-10-21(20)34-24)29-36(30,31)19-8-1-15(14-26)2-9-19/h1-13,28-29H,14,26H2. The lowest BCUT2D eigenvalue weighted by Crippen LogP contribution is -2.13. The lowest BCUT2D eigenvalue weighted by Gasteiger charge is -2.08. The summed E-state index contributed by atoms with van der Waals surface area (Å²) in [6, 6.07) is 20.6. The average molecular weight is 575 g/mol. The number of sulfonamides is 2. The molecule has 4 N–H and O–H groups in total. The van der Waals surface area contributed by atoms with Crippen molar-refractivity contribution in [2.45, 2.75) is 15.6 Å². The van der Waals surface area contributed by atoms with E-state index < -0.39 is 20.0 Å². The van der Waals surface area contributed by atoms with Crippen molar-refractivity contribution in [1.82, 2.24) is 4.98 Å². The van der Waals surface area contributed by atoms with Crippen LogP contribution in [0.1, 0.15) is 5.56 Å². The predicted octanol–water partition coefficient (Wildman–Crippen LogP) is 5.27. The minimum atomic E-state index is -3.80. The third kappa shape index (κ3) is 5.48. The lowest BCUT2D eigenvalue weighted by molar-refractivity contribution is 0.600. The molecule has 0 aliphatic carbocycles. The molecule has 0 aliphatic heterocycles. The number of halogens is 1. The molecular formula is C24H19ClN4O5S3. The second kappa shape index (κ2) is 9.80. The van der Waals surface area contributed by atoms with Crippen molar-refractivity contribution in [3.63, 3.8) is 0 Å². The fourth-order valence-corrected chi connectivity index (χ4v) is 7.05. The first-order valence-electron chi connectivity index (χ1n) is 10.7. The summed E-state index contributed by atoms with van der Waals surface area (Å²) in [4.78, 5) is 4.57. The van der Waals surface area contributed by atoms with E-state index in [9.17, 15) is 16.8 Å². The van der Waals surface area contributed by atoms with E-state index in [1.807, 2.05) is 0 Å². The molecule has 0 aliphatic rings. The second-order valence-corrected chi connectivity index (χ2v) is 13.2. The SMILES string of the molecule is NCc1ccc(S(=O)(=O)Nc2ccc3oc(-c4ccc(NS(=O)(=O)c5ccc(Cl)s5)cc4)nc3c2)cc1. The lowest BCUT2D eigenvalue weighted by atomic mass is 10.2. The minimum Gasteiger partial charge on any atom is -0.436 e. The summed E-state index contributed by atoms with van der Waals surface area (Å²) < 4.78 is 61.8. The third-order valence-electron chi connectivity index (χ3n) is 5.31. The van der Waals surface area contributed by atoms with Gasteiger partial charge in [0.05, 0.1) is 14.9 Å². The monoisotopic (exact) mass is 574 g/mol. The number of oxazole rings is 1. The summed E-state index contributed by atoms with van der Waals surface area (Å²) >= 11 is 6.81. The van der Waals surface area contributed by atoms with Gasteiger partial charge in [0.15, 0.2) is 5.58 Å². The van der Waals surface area contributed by atoms with Crippen LogP contribution in [0, 0.1) is 0 Å². The van der Waals surface area contributed by atoms with Gasteiger partial charge in [-0.05, 0) is 72.3 Å². The Labute approximate surface area is 222 Å². The highest BCUT2D eigenvalue weighted by molar-refractivity contribution is 7.94. The van der Waals surface area contributed by atoms with Gasteiger partial charge in [-0.3, -0.25) is 9.44 Å². The molecule has 0 spiro atoms. The number of hydrogen-bond acceptors (Lipinski definition) is 8. The first-order chi connectivity index (χ1) is 17.6. The van der Waals surface area contributed by atoms with Gasteiger partial charge in [-0.15, -0.1) is 11.3 Å². The van der Waals surface area contributed by atoms with Gasteiger partial charge in [-0.1, -0.05) is 23.7 Å². The molecule has 5 aromatic rings. The Bertz CT molecular complexity index is 1800. The molecule has 0 saturated heterocycles. The van der Waals surface area contributed by atoms with E-state index >= 15 is 0 Å². The van der Waals surface area contributed by atoms with Crippen LogP contribution in [0.4, 0.5) is 11.4 Å². The Morgan fingerprint density at radius 2 is 1.51 bits per heavy atom. The van der Waals surface area contributed by atoms with Gasteiger partial charge in [0.2, 0.25) is 5.89 Å². The van der Waals surface area contributed by atoms with Crippen LogP contribution in [0.15, 0.2) is 92.4 Å². The summed E-state index contributed by atoms with van der Waals surface area (Å²) in [5, 5.41) is 0. The van der Waals surface area contributed by atoms with E-state index in [0.29, 0.717) is 44.8 Å². The van der Waals surface area contributed by atoms with Crippen molar-refractivity contribution in [1.29, 1.82) is 0 Å². The summed E-state index contributed by atoms with van der Waals surface area (Å²) in [7, 11) is -7.55. The molecular weight excluding hydrogens is 556 g/mol. The van der Waals surface area contributed by atoms with Crippen LogP contribution in [0.25, 0.3) is 22.6 Å². The van der Waals surface area contributed by atoms with Gasteiger partial charge in [-0.2, -0.15) is 0 Å². The first kappa shape index (κ1) is 25.2. The number of anilines is 2. The molecule has 0 bridgehead atoms. The number of nitrogens with one attached hydrogen (secondary N) is 2. The molecule has 190 valence electrons. The number of fused-ring (bicyclic) bond motifs is 1. The van der Waals surface area contributed by atoms with Crippen molar-refractivity contribution in [3.05, 3.63) is 88.8 Å². The van der Waals surface area contributed by atoms with Crippen LogP contribution in [-0.4, -0.2) is 21.8 Å². The first-order valence-corrected chi connectivity index (χ1v) is 14.9. The average Bonchev–Trinajstić information content (AvgIpc) is 3.50. The van der Waals surface area contributed by atoms with Gasteiger partial charge in [0, 0.05) is 17.8 Å². The van der Waals surface area contributed by atoms with Gasteiger partial charge in [0.25, 0.3) is 20.0 Å². The van der Waals surface area contributed by atoms with Gasteiger partial charge >= 0.3 is 0 Å². The van der Waals surface area contributed by atoms with Crippen LogP contribution in [0.2, 0.25) is 4.34 Å². The zero-order chi connectivity index (χ0) is 26.2. The van der Waals surface area contributed by atoms with Crippen LogP contribution in [-0.2, 0) is 26.6 Å². The summed E-state index contributed by atoms with van der Waals surface area (Å²) in [6.07, 6.45) is 0. The van der Waals surface area contributed by atoms with Crippen LogP contribution >= 0.6 is 22.9 Å². The van der Waals surface area contributed by atoms with E-state index in [-0.39, 0.29) is 9.10 Å². The number of nitrogens with zero attached hydrogens (tertiary/aromatic N) is 1. The maximum Gasteiger partial charge on any atom is 0.271 e. The molecule has 0 amide bonds. The maximum atomic E-state index is 12.7. The summed E-state index contributed by atoms with van der Waals surface area (Å²) in [5.74, 6) is 0.298. The summed E-state index contributed by atoms with van der Waals surface area (Å²) in [5.41, 5.74) is 8.61. The van der Waals surface area contributed by atoms with Crippen LogP contribution in [0.5, 0.6) is 0 Å². The predicted molar refractivity (Wildman–Crippen MR) is 145 cm³/mol. The second-order valence-electron chi connectivity index (χ2n) is 7.90. The van der Waals surface area contributed by atoms with Crippen molar-refractivity contribution >= 4 is 65.5 Å². The minimum absolute atomic E-state index is 0.111. The van der Waals surface area contributed by atoms with Gasteiger partial charge in [-0.25, -0.2) is 21.8 Å². The Balaban J connectivity index is 1.34. The molecule has 0 saturated carbocycles. The Morgan fingerprint density at radius 1 is 0.838 bits per heavy atom. The van der Waals surface area contributed by atoms with Crippen LogP contribution < -0.4 is 15.2 Å². The Kier molecular flexibility index (Phi) is 6.68. The fourth-order valence-electron chi connectivity index (χ4n) is 3.46. The summed E-state index contributed by atoms with van der Waals surface area (Å²) in [6.45, 7) is 0.321. The topological polar surface area (TPSA) is 144 Å². The zero-order valence-electron chi connectivity index (χ0n) is 18.9. The molecule has 0 radical (unpaired) electrons. The van der Waals surface area contributed by atoms with Crippen molar-refractivity contribution in [3.8, 4) is 11.5 Å². The van der Waals surface area contributed by atoms with Gasteiger partial charge in [0.1, 0.15) is 9.73 Å². The van der Waals surface area contributed by atoms with E-state index in [1.165, 1.54) is 24.3 Å². The number of hydrogen-bond donors (Lipinski definition) is 3. The quantitative estimate of drug-likeness (QED) is 0.229. The number of thiophene rings is 1. The molecule has 0 unspecified atom stereocenters. The number of aromatic nitrogens is 1. The van der Waals surface area contributed by atoms with Crippen molar-refractivity contribution in [2.75, 3.05) is 9.44 Å². The van der Waals surface area contributed by atoms with E-state index in [4.69, 9.17) is 21.8 Å². The van der Waals surface area contributed by atoms with E-state index in [2.05, 4.69) is 14.4 Å². The Morgan fingerprint density at radius 3 is 2.16 bits per heavy atom. The molecule has 0 fully saturated rings. The smallest absolute Gasteiger partial charge is 0.271 e. The highest BCUT2D eigenvalue weighted by Gasteiger charge is 2.18. The molecule has 2 aromatic heterocycles. The number of benzene rings is 3. The highest BCUT2D eigenvalue weighted by atomic mass is 35.5.